The van der Waals surface area contributed by atoms with E-state index in [-0.39, 0.29) is 5.56 Å². The van der Waals surface area contributed by atoms with Crippen molar-refractivity contribution < 1.29 is 49.8 Å². The van der Waals surface area contributed by atoms with Gasteiger partial charge in [-0.05, 0) is 12.1 Å². The van der Waals surface area contributed by atoms with Gasteiger partial charge in [0.1, 0.15) is 5.02 Å². The molecule has 0 unspecified atom stereocenters. The molecule has 0 aliphatic heterocycles. The number of nitrogens with zero attached hydrogens (tertiary/aromatic N) is 4. The molecule has 0 amide bonds. The lowest BCUT2D eigenvalue weighted by Gasteiger charge is -2.31. The topological polar surface area (TPSA) is 74.3 Å². The summed E-state index contributed by atoms with van der Waals surface area (Å²) in [5.74, 6) is -20.3. The number of aromatic nitrogens is 3. The largest absolute Gasteiger partial charge is 0.854 e. The third-order valence-electron chi connectivity index (χ3n) is 3.39. The fraction of sp³-hybridized carbons (Fsp3) is 0.333. The first-order valence-electron chi connectivity index (χ1n) is 7.59. The molecule has 0 aliphatic rings. The van der Waals surface area contributed by atoms with Gasteiger partial charge in [0.15, 0.2) is 6.61 Å². The molecule has 0 saturated carbocycles. The van der Waals surface area contributed by atoms with Crippen LogP contribution in [0.3, 0.4) is 0 Å². The van der Waals surface area contributed by atoms with Crippen molar-refractivity contribution in [3.63, 3.8) is 0 Å². The Labute approximate surface area is 167 Å². The quantitative estimate of drug-likeness (QED) is 0.260. The molecule has 0 spiro atoms. The van der Waals surface area contributed by atoms with Crippen molar-refractivity contribution in [3.8, 4) is 5.88 Å². The van der Waals surface area contributed by atoms with Crippen molar-refractivity contribution in [2.24, 2.45) is 5.10 Å². The van der Waals surface area contributed by atoms with Gasteiger partial charge in [-0.15, -0.1) is 0 Å². The van der Waals surface area contributed by atoms with E-state index in [0.29, 0.717) is 0 Å². The Morgan fingerprint density at radius 1 is 1.20 bits per heavy atom. The van der Waals surface area contributed by atoms with Crippen LogP contribution in [0.2, 0.25) is 5.02 Å². The third-order valence-corrected chi connectivity index (χ3v) is 3.66. The minimum Gasteiger partial charge on any atom is -0.854 e. The monoisotopic (exact) mass is 464 g/mol. The fourth-order valence-electron chi connectivity index (χ4n) is 1.81. The zero-order valence-corrected chi connectivity index (χ0v) is 15.0. The van der Waals surface area contributed by atoms with E-state index in [1.165, 1.54) is 24.5 Å². The smallest absolute Gasteiger partial charge is 0.381 e. The Bertz CT molecular complexity index is 915. The second kappa shape index (κ2) is 8.53. The van der Waals surface area contributed by atoms with Gasteiger partial charge < -0.3 is 9.84 Å². The maximum absolute atomic E-state index is 13.5. The Balaban J connectivity index is 2.17. The summed E-state index contributed by atoms with van der Waals surface area (Å²) >= 11 is 5.66. The minimum atomic E-state index is -6.44. The maximum atomic E-state index is 13.5. The Hall–Kier alpha value is -2.77. The molecule has 0 atom stereocenters. The molecule has 30 heavy (non-hydrogen) atoms. The molecule has 2 aromatic heterocycles. The van der Waals surface area contributed by atoms with Crippen LogP contribution in [0, 0.1) is 0 Å². The van der Waals surface area contributed by atoms with Gasteiger partial charge in [0.05, 0.1) is 16.9 Å². The molecule has 2 aromatic rings. The Morgan fingerprint density at radius 2 is 1.87 bits per heavy atom. The molecule has 0 saturated heterocycles. The van der Waals surface area contributed by atoms with E-state index >= 15 is 0 Å². The molecule has 164 valence electrons. The first kappa shape index (κ1) is 23.5. The predicted molar refractivity (Wildman–Crippen MR) is 82.0 cm³/mol. The van der Waals surface area contributed by atoms with Gasteiger partial charge in [-0.3, -0.25) is 0 Å². The van der Waals surface area contributed by atoms with E-state index in [1.807, 2.05) is 0 Å². The van der Waals surface area contributed by atoms with Gasteiger partial charge >= 0.3 is 24.2 Å². The van der Waals surface area contributed by atoms with Gasteiger partial charge in [0, 0.05) is 28.0 Å². The summed E-state index contributed by atoms with van der Waals surface area (Å²) in [5.41, 5.74) is -0.285. The Morgan fingerprint density at radius 3 is 2.40 bits per heavy atom. The van der Waals surface area contributed by atoms with Crippen LogP contribution in [0.1, 0.15) is 5.56 Å². The van der Waals surface area contributed by atoms with Crippen LogP contribution in [0.4, 0.5) is 35.1 Å². The lowest BCUT2D eigenvalue weighted by molar-refractivity contribution is -0.739. The van der Waals surface area contributed by atoms with Crippen LogP contribution in [0.15, 0.2) is 41.9 Å². The molecule has 0 fully saturated rings. The molecular weight excluding hydrogens is 456 g/mol. The summed E-state index contributed by atoms with van der Waals surface area (Å²) in [6.07, 6.45) is -1.71. The maximum Gasteiger partial charge on any atom is 0.381 e. The SMILES string of the molecule is [O-]C(=N[n+]1ccccn1)c1cnc(OCC(F)(F)C(F)(F)C(F)(F)C(F)F)c(Cl)c1. The highest BCUT2D eigenvalue weighted by atomic mass is 35.5. The molecule has 15 heteroatoms. The molecular formula is C15H9ClF8N4O2. The van der Waals surface area contributed by atoms with Crippen molar-refractivity contribution in [1.29, 1.82) is 0 Å². The van der Waals surface area contributed by atoms with E-state index in [0.717, 1.165) is 17.1 Å². The van der Waals surface area contributed by atoms with E-state index in [9.17, 15) is 40.2 Å². The number of hydrogen-bond acceptors (Lipinski definition) is 5. The van der Waals surface area contributed by atoms with Crippen molar-refractivity contribution in [2.75, 3.05) is 6.61 Å². The summed E-state index contributed by atoms with van der Waals surface area (Å²) in [6.45, 7) is -2.45. The number of ether oxygens (including phenoxy) is 1. The first-order valence-corrected chi connectivity index (χ1v) is 7.96. The number of alkyl halides is 8. The van der Waals surface area contributed by atoms with Crippen molar-refractivity contribution in [1.82, 2.24) is 10.1 Å². The highest BCUT2D eigenvalue weighted by Crippen LogP contribution is 2.48. The normalized spacial score (nSPS) is 13.6. The minimum absolute atomic E-state index is 0.285. The van der Waals surface area contributed by atoms with Gasteiger partial charge in [-0.2, -0.15) is 26.3 Å². The van der Waals surface area contributed by atoms with Crippen LogP contribution >= 0.6 is 11.6 Å². The highest BCUT2D eigenvalue weighted by Gasteiger charge is 2.75. The lowest BCUT2D eigenvalue weighted by atomic mass is 10.1. The van der Waals surface area contributed by atoms with Gasteiger partial charge in [-0.25, -0.2) is 13.8 Å². The number of rotatable bonds is 8. The molecule has 0 bridgehead atoms. The van der Waals surface area contributed by atoms with E-state index in [1.54, 1.807) is 0 Å². The molecule has 0 N–H and O–H groups in total. The summed E-state index contributed by atoms with van der Waals surface area (Å²) in [6, 6.07) is 3.86. The third kappa shape index (κ3) is 4.68. The number of pyridine rings is 1. The van der Waals surface area contributed by atoms with Crippen LogP contribution in [0.5, 0.6) is 5.88 Å². The molecule has 2 heterocycles. The van der Waals surface area contributed by atoms with Gasteiger partial charge in [-0.1, -0.05) is 11.6 Å². The van der Waals surface area contributed by atoms with Crippen LogP contribution < -0.4 is 14.6 Å². The second-order valence-electron chi connectivity index (χ2n) is 5.53. The molecule has 0 aromatic carbocycles. The van der Waals surface area contributed by atoms with Crippen LogP contribution in [-0.2, 0) is 0 Å². The molecule has 0 aliphatic carbocycles. The summed E-state index contributed by atoms with van der Waals surface area (Å²) in [4.78, 5) is 4.23. The zero-order chi connectivity index (χ0) is 22.7. The van der Waals surface area contributed by atoms with Crippen LogP contribution in [-0.4, -0.2) is 46.8 Å². The zero-order valence-electron chi connectivity index (χ0n) is 14.3. The number of hydrogen-bond donors (Lipinski definition) is 0. The lowest BCUT2D eigenvalue weighted by Crippen LogP contribution is -2.59. The molecule has 2 rings (SSSR count). The Kier molecular flexibility index (Phi) is 6.69. The average molecular weight is 465 g/mol. The first-order chi connectivity index (χ1) is 13.8. The van der Waals surface area contributed by atoms with Gasteiger partial charge in [0.2, 0.25) is 12.1 Å². The van der Waals surface area contributed by atoms with E-state index in [2.05, 4.69) is 19.9 Å². The molecule has 6 nitrogen and oxygen atoms in total. The van der Waals surface area contributed by atoms with Crippen molar-refractivity contribution in [2.45, 2.75) is 24.2 Å². The molecule has 0 radical (unpaired) electrons. The van der Waals surface area contributed by atoms with E-state index < -0.39 is 47.6 Å². The summed E-state index contributed by atoms with van der Waals surface area (Å²) in [7, 11) is 0. The second-order valence-corrected chi connectivity index (χ2v) is 5.93. The van der Waals surface area contributed by atoms with Gasteiger partial charge in [0.25, 0.3) is 0 Å². The fourth-order valence-corrected chi connectivity index (χ4v) is 2.03. The van der Waals surface area contributed by atoms with Crippen molar-refractivity contribution in [3.05, 3.63) is 47.4 Å². The van der Waals surface area contributed by atoms with Crippen molar-refractivity contribution >= 4 is 17.5 Å². The van der Waals surface area contributed by atoms with Crippen LogP contribution in [0.25, 0.3) is 0 Å². The highest BCUT2D eigenvalue weighted by molar-refractivity contribution is 6.32. The number of halogens is 9. The standard InChI is InChI=1S/C15H9ClF8N4O2/c16-9-5-8(10(29)27-28-4-2-1-3-26-28)6-25-11(9)30-7-13(19,20)15(23,24)14(21,22)12(17)18/h1-6,12H,7H2. The summed E-state index contributed by atoms with van der Waals surface area (Å²) in [5, 5.41) is 18.5. The predicted octanol–water partition coefficient (Wildman–Crippen LogP) is 2.54. The summed E-state index contributed by atoms with van der Waals surface area (Å²) < 4.78 is 107. The van der Waals surface area contributed by atoms with E-state index in [4.69, 9.17) is 11.6 Å². The average Bonchev–Trinajstić information content (AvgIpc) is 2.67.